The van der Waals surface area contributed by atoms with Crippen molar-refractivity contribution in [3.05, 3.63) is 67.6 Å². The van der Waals surface area contributed by atoms with Crippen molar-refractivity contribution >= 4 is 75.2 Å². The van der Waals surface area contributed by atoms with Crippen LogP contribution in [0.1, 0.15) is 89.2 Å². The molecular weight excluding hydrogens is 658 g/mol. The van der Waals surface area contributed by atoms with Crippen molar-refractivity contribution < 1.29 is 29.0 Å². The molecular formula is C32H39Cl5O6. The molecule has 2 saturated carbocycles. The Morgan fingerprint density at radius 2 is 1.23 bits per heavy atom. The highest BCUT2D eigenvalue weighted by molar-refractivity contribution is 6.63. The second-order valence-electron chi connectivity index (χ2n) is 11.0. The maximum absolute atomic E-state index is 12.3. The van der Waals surface area contributed by atoms with E-state index in [0.717, 1.165) is 32.1 Å². The maximum Gasteiger partial charge on any atom is 0.350 e. The van der Waals surface area contributed by atoms with E-state index in [0.29, 0.717) is 44.1 Å². The molecule has 4 rings (SSSR count). The van der Waals surface area contributed by atoms with Crippen LogP contribution in [0.4, 0.5) is 0 Å². The van der Waals surface area contributed by atoms with Crippen molar-refractivity contribution in [3.63, 3.8) is 0 Å². The molecule has 0 bridgehead atoms. The summed E-state index contributed by atoms with van der Waals surface area (Å²) in [7, 11) is 0. The Bertz CT molecular complexity index is 1220. The van der Waals surface area contributed by atoms with Gasteiger partial charge in [0.15, 0.2) is 0 Å². The molecule has 0 unspecified atom stereocenters. The van der Waals surface area contributed by atoms with Crippen molar-refractivity contribution in [1.29, 1.82) is 0 Å². The van der Waals surface area contributed by atoms with Gasteiger partial charge < -0.3 is 14.6 Å². The molecule has 0 spiro atoms. The van der Waals surface area contributed by atoms with Gasteiger partial charge >= 0.3 is 11.9 Å². The molecule has 43 heavy (non-hydrogen) atoms. The molecule has 0 heterocycles. The number of benzene rings is 2. The van der Waals surface area contributed by atoms with Crippen LogP contribution in [0.25, 0.3) is 0 Å². The highest BCUT2D eigenvalue weighted by Gasteiger charge is 2.44. The lowest BCUT2D eigenvalue weighted by Gasteiger charge is -2.34. The minimum absolute atomic E-state index is 0.00282. The number of hydrogen-bond donors (Lipinski definition) is 1. The first-order valence-corrected chi connectivity index (χ1v) is 16.3. The normalized spacial score (nSPS) is 16.8. The number of carbonyl (C=O) groups is 3. The van der Waals surface area contributed by atoms with Crippen molar-refractivity contribution in [2.45, 2.75) is 102 Å². The van der Waals surface area contributed by atoms with Crippen LogP contribution in [0.2, 0.25) is 20.1 Å². The van der Waals surface area contributed by atoms with E-state index in [9.17, 15) is 19.5 Å². The molecule has 2 aliphatic rings. The van der Waals surface area contributed by atoms with E-state index in [-0.39, 0.29) is 25.0 Å². The number of esters is 2. The minimum Gasteiger partial charge on any atom is -0.463 e. The lowest BCUT2D eigenvalue weighted by Crippen LogP contribution is -2.46. The Kier molecular flexibility index (Phi) is 16.1. The van der Waals surface area contributed by atoms with Crippen LogP contribution in [-0.2, 0) is 36.7 Å². The Hall–Kier alpha value is -1.54. The molecule has 6 nitrogen and oxygen atoms in total. The van der Waals surface area contributed by atoms with E-state index in [4.69, 9.17) is 67.5 Å². The predicted molar refractivity (Wildman–Crippen MR) is 173 cm³/mol. The van der Waals surface area contributed by atoms with Crippen LogP contribution < -0.4 is 0 Å². The largest absolute Gasteiger partial charge is 0.463 e. The van der Waals surface area contributed by atoms with Gasteiger partial charge in [-0.2, -0.15) is 0 Å². The zero-order valence-electron chi connectivity index (χ0n) is 24.5. The van der Waals surface area contributed by atoms with Crippen molar-refractivity contribution in [1.82, 2.24) is 0 Å². The van der Waals surface area contributed by atoms with Crippen molar-refractivity contribution in [3.8, 4) is 0 Å². The molecule has 1 N–H and O–H groups in total. The van der Waals surface area contributed by atoms with Gasteiger partial charge in [0.1, 0.15) is 0 Å². The molecule has 0 aliphatic heterocycles. The second kappa shape index (κ2) is 18.4. The summed E-state index contributed by atoms with van der Waals surface area (Å²) in [6.45, 7) is 3.94. The summed E-state index contributed by atoms with van der Waals surface area (Å²) < 4.78 is 10.7. The molecule has 0 atom stereocenters. The van der Waals surface area contributed by atoms with Gasteiger partial charge in [-0.1, -0.05) is 84.2 Å². The molecule has 2 fully saturated rings. The topological polar surface area (TPSA) is 89.9 Å². The number of halogens is 5. The summed E-state index contributed by atoms with van der Waals surface area (Å²) in [4.78, 5) is 35.1. The number of ether oxygens (including phenoxy) is 2. The summed E-state index contributed by atoms with van der Waals surface area (Å²) in [6.07, 6.45) is 9.62. The van der Waals surface area contributed by atoms with E-state index >= 15 is 0 Å². The SMILES string of the molecule is CC1(O)CCCCC1.CCOC(=O)C1(OC(=O)Cc2ccc(Cl)cc2Cl)CCCCC1.O=C(Cl)Cc1ccc(Cl)cc1Cl. The summed E-state index contributed by atoms with van der Waals surface area (Å²) in [5.74, 6) is -0.931. The fourth-order valence-corrected chi connectivity index (χ4v) is 6.03. The Morgan fingerprint density at radius 1 is 0.767 bits per heavy atom. The van der Waals surface area contributed by atoms with E-state index in [2.05, 4.69) is 0 Å². The van der Waals surface area contributed by atoms with Gasteiger partial charge in [-0.3, -0.25) is 9.59 Å². The quantitative estimate of drug-likeness (QED) is 0.229. The van der Waals surface area contributed by atoms with Gasteiger partial charge in [0.05, 0.1) is 18.6 Å². The molecule has 2 aromatic carbocycles. The summed E-state index contributed by atoms with van der Waals surface area (Å²) in [5.41, 5.74) is -0.153. The first-order valence-electron chi connectivity index (χ1n) is 14.4. The molecule has 0 radical (unpaired) electrons. The minimum atomic E-state index is -1.15. The van der Waals surface area contributed by atoms with Gasteiger partial charge in [0, 0.05) is 26.5 Å². The summed E-state index contributed by atoms with van der Waals surface area (Å²) in [5, 5.41) is 10.9. The lowest BCUT2D eigenvalue weighted by molar-refractivity contribution is -0.186. The van der Waals surface area contributed by atoms with Crippen LogP contribution in [0, 0.1) is 0 Å². The highest BCUT2D eigenvalue weighted by Crippen LogP contribution is 2.34. The third kappa shape index (κ3) is 13.5. The Morgan fingerprint density at radius 3 is 1.63 bits per heavy atom. The van der Waals surface area contributed by atoms with Crippen LogP contribution in [0.15, 0.2) is 36.4 Å². The maximum atomic E-state index is 12.3. The van der Waals surface area contributed by atoms with Crippen LogP contribution in [0.3, 0.4) is 0 Å². The molecule has 238 valence electrons. The van der Waals surface area contributed by atoms with Crippen molar-refractivity contribution in [2.75, 3.05) is 6.61 Å². The Labute approximate surface area is 279 Å². The van der Waals surface area contributed by atoms with E-state index < -0.39 is 22.8 Å². The van der Waals surface area contributed by atoms with Crippen LogP contribution in [-0.4, -0.2) is 40.1 Å². The zero-order valence-corrected chi connectivity index (χ0v) is 28.3. The zero-order chi connectivity index (χ0) is 32.0. The number of carbonyl (C=O) groups excluding carboxylic acids is 3. The average molecular weight is 697 g/mol. The number of hydrogen-bond acceptors (Lipinski definition) is 6. The predicted octanol–water partition coefficient (Wildman–Crippen LogP) is 9.35. The summed E-state index contributed by atoms with van der Waals surface area (Å²) in [6, 6.07) is 9.86. The molecule has 11 heteroatoms. The molecule has 2 aliphatic carbocycles. The third-order valence-corrected chi connectivity index (χ3v) is 8.55. The molecule has 0 saturated heterocycles. The number of rotatable bonds is 7. The summed E-state index contributed by atoms with van der Waals surface area (Å²) >= 11 is 28.5. The fourth-order valence-electron chi connectivity index (χ4n) is 4.94. The van der Waals surface area contributed by atoms with Gasteiger partial charge in [0.25, 0.3) is 0 Å². The van der Waals surface area contributed by atoms with Crippen LogP contribution >= 0.6 is 58.0 Å². The number of aliphatic hydroxyl groups is 1. The van der Waals surface area contributed by atoms with E-state index in [1.165, 1.54) is 19.3 Å². The monoisotopic (exact) mass is 694 g/mol. The molecule has 2 aromatic rings. The van der Waals surface area contributed by atoms with Crippen molar-refractivity contribution in [2.24, 2.45) is 0 Å². The van der Waals surface area contributed by atoms with E-state index in [1.54, 1.807) is 43.3 Å². The van der Waals surface area contributed by atoms with E-state index in [1.807, 2.05) is 6.92 Å². The third-order valence-electron chi connectivity index (χ3n) is 7.24. The second-order valence-corrected chi connectivity index (χ2v) is 13.1. The Balaban J connectivity index is 0.000000266. The molecule has 0 amide bonds. The first kappa shape index (κ1) is 37.6. The van der Waals surface area contributed by atoms with Gasteiger partial charge in [-0.25, -0.2) is 4.79 Å². The standard InChI is InChI=1S/C17H20Cl2O4.C8H5Cl3O.C7H14O/c1-2-22-16(21)17(8-4-3-5-9-17)23-15(20)10-12-6-7-13(18)11-14(12)19;9-6-2-1-5(3-8(11)12)7(10)4-6;1-7(8)5-3-2-4-6-7/h6-7,11H,2-5,8-10H2,1H3;1-2,4H,3H2;8H,2-6H2,1H3. The first-order chi connectivity index (χ1) is 20.3. The fraction of sp³-hybridized carbons (Fsp3) is 0.531. The average Bonchev–Trinajstić information content (AvgIpc) is 2.93. The van der Waals surface area contributed by atoms with Gasteiger partial charge in [-0.15, -0.1) is 0 Å². The van der Waals surface area contributed by atoms with Crippen LogP contribution in [0.5, 0.6) is 0 Å². The smallest absolute Gasteiger partial charge is 0.350 e. The van der Waals surface area contributed by atoms with Gasteiger partial charge in [-0.05, 0) is 99.4 Å². The molecule has 0 aromatic heterocycles. The lowest BCUT2D eigenvalue weighted by atomic mass is 9.84. The highest BCUT2D eigenvalue weighted by atomic mass is 35.5. The van der Waals surface area contributed by atoms with Gasteiger partial charge in [0.2, 0.25) is 10.8 Å².